The second-order valence-electron chi connectivity index (χ2n) is 5.45. The third-order valence-electron chi connectivity index (χ3n) is 3.82. The van der Waals surface area contributed by atoms with Crippen LogP contribution in [0.4, 0.5) is 9.18 Å². The van der Waals surface area contributed by atoms with E-state index in [1.54, 1.807) is 24.5 Å². The molecule has 0 saturated carbocycles. The molecule has 1 N–H and O–H groups in total. The van der Waals surface area contributed by atoms with E-state index in [1.165, 1.54) is 23.9 Å². The van der Waals surface area contributed by atoms with Crippen molar-refractivity contribution in [2.75, 3.05) is 6.26 Å². The van der Waals surface area contributed by atoms with Crippen LogP contribution in [0, 0.1) is 5.82 Å². The zero-order valence-corrected chi connectivity index (χ0v) is 15.0. The molecule has 1 aliphatic rings. The zero-order chi connectivity index (χ0) is 18.3. The molecular formula is C18H11FN2O3S2. The van der Waals surface area contributed by atoms with E-state index in [0.29, 0.717) is 27.9 Å². The van der Waals surface area contributed by atoms with Crippen molar-refractivity contribution < 1.29 is 18.4 Å². The number of halogens is 1. The second kappa shape index (κ2) is 6.62. The number of imide groups is 1. The van der Waals surface area contributed by atoms with E-state index in [2.05, 4.69) is 10.3 Å². The molecule has 130 valence electrons. The van der Waals surface area contributed by atoms with Crippen LogP contribution >= 0.6 is 23.5 Å². The summed E-state index contributed by atoms with van der Waals surface area (Å²) in [5.41, 5.74) is 1.38. The predicted molar refractivity (Wildman–Crippen MR) is 100 cm³/mol. The standard InChI is InChI=1S/C18H11FN2O3S2/c1-25-11-2-3-12(14(19)6-11)13-8-20-7-9-4-10(24-16(9)13)5-15-17(22)21-18(23)26-15/h2-8H,1H3,(H,21,22,23)/b15-5-. The van der Waals surface area contributed by atoms with Gasteiger partial charge < -0.3 is 4.42 Å². The largest absolute Gasteiger partial charge is 0.456 e. The van der Waals surface area contributed by atoms with Gasteiger partial charge in [0.1, 0.15) is 17.2 Å². The number of nitrogens with one attached hydrogen (secondary N) is 1. The van der Waals surface area contributed by atoms with Gasteiger partial charge in [-0.25, -0.2) is 4.39 Å². The summed E-state index contributed by atoms with van der Waals surface area (Å²) in [5, 5.41) is 2.45. The SMILES string of the molecule is CSc1ccc(-c2cncc3cc(/C=C4\SC(=O)NC4=O)oc23)c(F)c1. The molecule has 0 atom stereocenters. The number of fused-ring (bicyclic) bond motifs is 1. The fraction of sp³-hybridized carbons (Fsp3) is 0.0556. The number of furan rings is 1. The average Bonchev–Trinajstić information content (AvgIpc) is 3.17. The number of aromatic nitrogens is 1. The lowest BCUT2D eigenvalue weighted by atomic mass is 10.1. The molecular weight excluding hydrogens is 375 g/mol. The average molecular weight is 386 g/mol. The Morgan fingerprint density at radius 1 is 1.23 bits per heavy atom. The first kappa shape index (κ1) is 16.9. The summed E-state index contributed by atoms with van der Waals surface area (Å²) in [4.78, 5) is 28.2. The van der Waals surface area contributed by atoms with Gasteiger partial charge in [-0.3, -0.25) is 19.9 Å². The fourth-order valence-corrected chi connectivity index (χ4v) is 3.72. The predicted octanol–water partition coefficient (Wildman–Crippen LogP) is 4.68. The van der Waals surface area contributed by atoms with E-state index in [1.807, 2.05) is 12.3 Å². The number of hydrogen-bond acceptors (Lipinski definition) is 6. The first-order valence-electron chi connectivity index (χ1n) is 7.51. The number of nitrogens with zero attached hydrogens (tertiary/aromatic N) is 1. The van der Waals surface area contributed by atoms with Crippen molar-refractivity contribution in [3.63, 3.8) is 0 Å². The van der Waals surface area contributed by atoms with Gasteiger partial charge in [-0.15, -0.1) is 11.8 Å². The number of carbonyl (C=O) groups is 2. The third-order valence-corrected chi connectivity index (χ3v) is 5.36. The van der Waals surface area contributed by atoms with Gasteiger partial charge >= 0.3 is 0 Å². The zero-order valence-electron chi connectivity index (χ0n) is 13.4. The van der Waals surface area contributed by atoms with Crippen molar-refractivity contribution in [2.24, 2.45) is 0 Å². The smallest absolute Gasteiger partial charge is 0.290 e. The molecule has 2 amide bonds. The number of benzene rings is 1. The van der Waals surface area contributed by atoms with Crippen LogP contribution in [0.1, 0.15) is 5.76 Å². The number of pyridine rings is 1. The highest BCUT2D eigenvalue weighted by Gasteiger charge is 2.25. The maximum absolute atomic E-state index is 14.5. The molecule has 1 aliphatic heterocycles. The Morgan fingerprint density at radius 2 is 2.08 bits per heavy atom. The van der Waals surface area contributed by atoms with E-state index in [4.69, 9.17) is 4.42 Å². The lowest BCUT2D eigenvalue weighted by Crippen LogP contribution is -2.17. The molecule has 0 radical (unpaired) electrons. The highest BCUT2D eigenvalue weighted by molar-refractivity contribution is 8.18. The molecule has 8 heteroatoms. The van der Waals surface area contributed by atoms with Gasteiger partial charge in [0.05, 0.1) is 4.91 Å². The third kappa shape index (κ3) is 3.02. The van der Waals surface area contributed by atoms with E-state index in [0.717, 1.165) is 16.7 Å². The van der Waals surface area contributed by atoms with E-state index >= 15 is 0 Å². The molecule has 1 fully saturated rings. The maximum atomic E-state index is 14.5. The minimum absolute atomic E-state index is 0.249. The van der Waals surface area contributed by atoms with Gasteiger partial charge in [-0.05, 0) is 36.2 Å². The molecule has 3 aromatic rings. The number of hydrogen-bond donors (Lipinski definition) is 1. The molecule has 1 saturated heterocycles. The molecule has 0 bridgehead atoms. The molecule has 5 nitrogen and oxygen atoms in total. The first-order valence-corrected chi connectivity index (χ1v) is 9.55. The van der Waals surface area contributed by atoms with Crippen molar-refractivity contribution in [1.29, 1.82) is 0 Å². The lowest BCUT2D eigenvalue weighted by molar-refractivity contribution is -0.115. The molecule has 0 unspecified atom stereocenters. The molecule has 26 heavy (non-hydrogen) atoms. The molecule has 1 aromatic carbocycles. The topological polar surface area (TPSA) is 72.2 Å². The van der Waals surface area contributed by atoms with Crippen LogP contribution in [-0.4, -0.2) is 22.4 Å². The van der Waals surface area contributed by atoms with E-state index in [-0.39, 0.29) is 10.7 Å². The Balaban J connectivity index is 1.81. The Hall–Kier alpha value is -2.58. The normalized spacial score (nSPS) is 15.8. The van der Waals surface area contributed by atoms with Crippen molar-refractivity contribution >= 4 is 51.7 Å². The Labute approximate surface area is 156 Å². The summed E-state index contributed by atoms with van der Waals surface area (Å²) in [6, 6.07) is 6.69. The highest BCUT2D eigenvalue weighted by atomic mass is 32.2. The summed E-state index contributed by atoms with van der Waals surface area (Å²) in [5.74, 6) is -0.431. The van der Waals surface area contributed by atoms with Crippen molar-refractivity contribution in [2.45, 2.75) is 4.90 Å². The van der Waals surface area contributed by atoms with Crippen LogP contribution in [0.5, 0.6) is 0 Å². The van der Waals surface area contributed by atoms with Gasteiger partial charge in [0.15, 0.2) is 0 Å². The summed E-state index contributed by atoms with van der Waals surface area (Å²) >= 11 is 2.27. The Bertz CT molecular complexity index is 1090. The highest BCUT2D eigenvalue weighted by Crippen LogP contribution is 2.34. The quantitative estimate of drug-likeness (QED) is 0.521. The fourth-order valence-electron chi connectivity index (χ4n) is 2.64. The second-order valence-corrected chi connectivity index (χ2v) is 7.35. The van der Waals surface area contributed by atoms with Gasteiger partial charge in [0.2, 0.25) is 0 Å². The van der Waals surface area contributed by atoms with Crippen LogP contribution in [0.25, 0.3) is 28.2 Å². The van der Waals surface area contributed by atoms with Gasteiger partial charge in [0.25, 0.3) is 11.1 Å². The maximum Gasteiger partial charge on any atom is 0.290 e. The number of carbonyl (C=O) groups excluding carboxylic acids is 2. The molecule has 3 heterocycles. The number of thioether (sulfide) groups is 2. The van der Waals surface area contributed by atoms with Crippen LogP contribution in [0.3, 0.4) is 0 Å². The van der Waals surface area contributed by atoms with Crippen molar-refractivity contribution in [3.05, 3.63) is 53.1 Å². The summed E-state index contributed by atoms with van der Waals surface area (Å²) in [6.07, 6.45) is 6.51. The molecule has 0 spiro atoms. The summed E-state index contributed by atoms with van der Waals surface area (Å²) < 4.78 is 20.3. The minimum Gasteiger partial charge on any atom is -0.456 e. The Kier molecular flexibility index (Phi) is 4.29. The minimum atomic E-state index is -0.461. The van der Waals surface area contributed by atoms with Crippen LogP contribution < -0.4 is 5.32 Å². The summed E-state index contributed by atoms with van der Waals surface area (Å²) in [7, 11) is 0. The molecule has 2 aromatic heterocycles. The lowest BCUT2D eigenvalue weighted by Gasteiger charge is -2.05. The van der Waals surface area contributed by atoms with Crippen LogP contribution in [-0.2, 0) is 4.79 Å². The van der Waals surface area contributed by atoms with Crippen LogP contribution in [0.15, 0.2) is 50.9 Å². The van der Waals surface area contributed by atoms with E-state index < -0.39 is 11.1 Å². The number of rotatable bonds is 3. The monoisotopic (exact) mass is 386 g/mol. The number of amides is 2. The van der Waals surface area contributed by atoms with Gasteiger partial charge in [-0.1, -0.05) is 6.07 Å². The van der Waals surface area contributed by atoms with Gasteiger partial charge in [-0.2, -0.15) is 0 Å². The first-order chi connectivity index (χ1) is 12.5. The van der Waals surface area contributed by atoms with Crippen molar-refractivity contribution in [3.8, 4) is 11.1 Å². The molecule has 0 aliphatic carbocycles. The Morgan fingerprint density at radius 3 is 2.77 bits per heavy atom. The summed E-state index contributed by atoms with van der Waals surface area (Å²) in [6.45, 7) is 0. The van der Waals surface area contributed by atoms with E-state index in [9.17, 15) is 14.0 Å². The van der Waals surface area contributed by atoms with Crippen LogP contribution in [0.2, 0.25) is 0 Å². The molecule has 4 rings (SSSR count). The van der Waals surface area contributed by atoms with Gasteiger partial charge in [0, 0.05) is 39.9 Å². The van der Waals surface area contributed by atoms with Crippen molar-refractivity contribution in [1.82, 2.24) is 10.3 Å².